The quantitative estimate of drug-likeness (QED) is 0.0760. The number of fused-ring (bicyclic) bond motifs is 7. The Morgan fingerprint density at radius 2 is 1.48 bits per heavy atom. The number of nitrogens with one attached hydrogen (secondary N) is 2. The van der Waals surface area contributed by atoms with Gasteiger partial charge < -0.3 is 9.64 Å². The molecule has 306 valence electrons. The number of carbonyl (C=O) groups excluding carboxylic acids is 5. The van der Waals surface area contributed by atoms with Gasteiger partial charge in [-0.05, 0) is 55.9 Å². The van der Waals surface area contributed by atoms with Crippen molar-refractivity contribution in [3.63, 3.8) is 0 Å². The van der Waals surface area contributed by atoms with E-state index in [0.717, 1.165) is 54.6 Å². The molecule has 0 radical (unpaired) electrons. The number of amides is 1. The first-order valence-corrected chi connectivity index (χ1v) is 20.6. The summed E-state index contributed by atoms with van der Waals surface area (Å²) in [5, 5.41) is 20.2. The second kappa shape index (κ2) is 16.7. The third kappa shape index (κ3) is 7.34. The second-order valence-electron chi connectivity index (χ2n) is 15.3. The summed E-state index contributed by atoms with van der Waals surface area (Å²) in [5.74, 6) is -2.38. The Hall–Kier alpha value is -7.35. The molecule has 3 heterocycles. The molecule has 3 aliphatic rings. The minimum Gasteiger partial charge on any atom is -0.461 e. The molecule has 0 bridgehead atoms. The summed E-state index contributed by atoms with van der Waals surface area (Å²) < 4.78 is 7.13. The lowest BCUT2D eigenvalue weighted by Crippen LogP contribution is -2.44. The Balaban J connectivity index is 0.919. The lowest BCUT2D eigenvalue weighted by Gasteiger charge is -2.26. The van der Waals surface area contributed by atoms with E-state index in [9.17, 15) is 24.0 Å². The molecule has 14 nitrogen and oxygen atoms in total. The van der Waals surface area contributed by atoms with Crippen molar-refractivity contribution in [1.29, 1.82) is 0 Å². The average Bonchev–Trinajstić information content (AvgIpc) is 4.06. The predicted molar refractivity (Wildman–Crippen MR) is 227 cm³/mol. The van der Waals surface area contributed by atoms with E-state index >= 15 is 0 Å². The van der Waals surface area contributed by atoms with Gasteiger partial charge in [0.2, 0.25) is 11.6 Å². The fourth-order valence-corrected chi connectivity index (χ4v) is 8.48. The summed E-state index contributed by atoms with van der Waals surface area (Å²) in [6, 6.07) is 29.1. The molecule has 4 aromatic carbocycles. The Kier molecular flexibility index (Phi) is 10.7. The number of aromatic nitrogens is 5. The van der Waals surface area contributed by atoms with Gasteiger partial charge >= 0.3 is 5.97 Å². The van der Waals surface area contributed by atoms with Crippen molar-refractivity contribution in [2.24, 2.45) is 5.10 Å². The molecule has 0 saturated heterocycles. The van der Waals surface area contributed by atoms with E-state index in [0.29, 0.717) is 25.2 Å². The topological polar surface area (TPSA) is 182 Å². The summed E-state index contributed by atoms with van der Waals surface area (Å²) in [7, 11) is 0. The van der Waals surface area contributed by atoms with Gasteiger partial charge in [-0.3, -0.25) is 29.7 Å². The first-order valence-electron chi connectivity index (χ1n) is 20.6. The molecule has 1 aliphatic heterocycles. The van der Waals surface area contributed by atoms with Crippen LogP contribution in [-0.2, 0) is 33.7 Å². The number of hydrogen-bond donors (Lipinski definition) is 2. The van der Waals surface area contributed by atoms with Crippen LogP contribution in [0.2, 0.25) is 0 Å². The summed E-state index contributed by atoms with van der Waals surface area (Å²) in [5.41, 5.74) is 10.5. The molecule has 14 heteroatoms. The number of rotatable bonds is 13. The van der Waals surface area contributed by atoms with Gasteiger partial charge in [-0.25, -0.2) is 9.48 Å². The number of ether oxygens (including phenoxy) is 1. The number of benzene rings is 4. The number of ketones is 3. The van der Waals surface area contributed by atoms with Gasteiger partial charge in [0.05, 0.1) is 17.9 Å². The van der Waals surface area contributed by atoms with Crippen molar-refractivity contribution in [2.75, 3.05) is 18.1 Å². The van der Waals surface area contributed by atoms with E-state index in [1.165, 1.54) is 11.1 Å². The van der Waals surface area contributed by atoms with Gasteiger partial charge in [-0.15, -0.1) is 5.10 Å². The minimum atomic E-state index is -0.832. The smallest absolute Gasteiger partial charge is 0.354 e. The zero-order valence-electron chi connectivity index (χ0n) is 33.5. The lowest BCUT2D eigenvalue weighted by molar-refractivity contribution is -0.135. The van der Waals surface area contributed by atoms with E-state index in [1.807, 2.05) is 10.7 Å². The molecular weight excluding hydrogens is 773 g/mol. The van der Waals surface area contributed by atoms with E-state index in [4.69, 9.17) is 9.84 Å². The van der Waals surface area contributed by atoms with Crippen molar-refractivity contribution >= 4 is 40.6 Å². The lowest BCUT2D eigenvalue weighted by atomic mass is 9.86. The van der Waals surface area contributed by atoms with Gasteiger partial charge in [0.15, 0.2) is 5.78 Å². The summed E-state index contributed by atoms with van der Waals surface area (Å²) in [6.07, 6.45) is 5.01. The number of unbranched alkanes of at least 4 members (excludes halogenated alkanes) is 3. The molecule has 1 unspecified atom stereocenters. The number of hydrogen-bond acceptors (Lipinski definition) is 11. The molecule has 1 atom stereocenters. The van der Waals surface area contributed by atoms with Crippen molar-refractivity contribution in [3.05, 3.63) is 142 Å². The zero-order chi connectivity index (χ0) is 42.0. The summed E-state index contributed by atoms with van der Waals surface area (Å²) in [4.78, 5) is 69.2. The predicted octanol–water partition coefficient (Wildman–Crippen LogP) is 6.31. The fourth-order valence-electron chi connectivity index (χ4n) is 8.48. The van der Waals surface area contributed by atoms with E-state index in [-0.39, 0.29) is 58.3 Å². The van der Waals surface area contributed by atoms with Crippen LogP contribution in [0.1, 0.15) is 98.2 Å². The maximum atomic E-state index is 14.3. The molecule has 1 amide bonds. The van der Waals surface area contributed by atoms with Crippen LogP contribution in [0.5, 0.6) is 0 Å². The largest absolute Gasteiger partial charge is 0.461 e. The standard InChI is InChI=1S/C47H42N8O6/c1-2-61-47(60)37-27-36(48-49-37)46(59)54(31-17-13-16-30(26-31)43(56)40-38-41(51-50-40)45(58)35-21-10-9-20-34(35)44(38)57)24-11-3-4-12-25-55-42-33-19-8-6-15-29(33)23-22-28-14-5-7-18-32(28)39(42)52-53-55/h5-10,13-21,26,36,48H,2-4,11-12,22-25,27H2,1H3,(H,50,51). The maximum absolute atomic E-state index is 14.3. The van der Waals surface area contributed by atoms with Crippen LogP contribution in [-0.4, -0.2) is 79.3 Å². The Bertz CT molecular complexity index is 2770. The molecule has 2 N–H and O–H groups in total. The molecule has 6 aromatic rings. The van der Waals surface area contributed by atoms with Gasteiger partial charge in [-0.1, -0.05) is 103 Å². The molecule has 0 saturated carbocycles. The van der Waals surface area contributed by atoms with Crippen LogP contribution in [0.25, 0.3) is 22.5 Å². The van der Waals surface area contributed by atoms with Crippen molar-refractivity contribution < 1.29 is 28.7 Å². The number of H-pyrrole nitrogens is 1. The van der Waals surface area contributed by atoms with Gasteiger partial charge in [0, 0.05) is 53.0 Å². The van der Waals surface area contributed by atoms with E-state index < -0.39 is 29.4 Å². The highest BCUT2D eigenvalue weighted by atomic mass is 16.5. The van der Waals surface area contributed by atoms with Crippen molar-refractivity contribution in [1.82, 2.24) is 30.6 Å². The number of esters is 1. The monoisotopic (exact) mass is 814 g/mol. The van der Waals surface area contributed by atoms with Crippen LogP contribution >= 0.6 is 0 Å². The average molecular weight is 815 g/mol. The van der Waals surface area contributed by atoms with E-state index in [1.54, 1.807) is 60.4 Å². The maximum Gasteiger partial charge on any atom is 0.354 e. The van der Waals surface area contributed by atoms with E-state index in [2.05, 4.69) is 68.4 Å². The second-order valence-corrected chi connectivity index (χ2v) is 15.3. The van der Waals surface area contributed by atoms with Gasteiger partial charge in [-0.2, -0.15) is 10.2 Å². The Morgan fingerprint density at radius 1 is 0.787 bits per heavy atom. The number of aromatic amines is 1. The van der Waals surface area contributed by atoms with Crippen molar-refractivity contribution in [2.45, 2.75) is 64.5 Å². The fraction of sp³-hybridized carbons (Fsp3) is 0.255. The first-order chi connectivity index (χ1) is 29.8. The molecule has 9 rings (SSSR count). The molecule has 0 spiro atoms. The van der Waals surface area contributed by atoms with Crippen LogP contribution in [0.15, 0.2) is 102 Å². The first kappa shape index (κ1) is 39.1. The highest BCUT2D eigenvalue weighted by Crippen LogP contribution is 2.37. The summed E-state index contributed by atoms with van der Waals surface area (Å²) >= 11 is 0. The van der Waals surface area contributed by atoms with Gasteiger partial charge in [0.25, 0.3) is 5.91 Å². The number of carbonyl (C=O) groups is 5. The Morgan fingerprint density at radius 3 is 2.25 bits per heavy atom. The molecule has 2 aliphatic carbocycles. The third-order valence-electron chi connectivity index (χ3n) is 11.5. The van der Waals surface area contributed by atoms with Crippen molar-refractivity contribution in [3.8, 4) is 22.5 Å². The number of nitrogens with zero attached hydrogens (tertiary/aromatic N) is 6. The number of anilines is 1. The van der Waals surface area contributed by atoms with Crippen LogP contribution in [0, 0.1) is 0 Å². The highest BCUT2D eigenvalue weighted by molar-refractivity contribution is 6.37. The normalized spacial score (nSPS) is 14.9. The minimum absolute atomic E-state index is 0.0422. The van der Waals surface area contributed by atoms with Crippen LogP contribution in [0.3, 0.4) is 0 Å². The Labute approximate surface area is 351 Å². The molecule has 61 heavy (non-hydrogen) atoms. The summed E-state index contributed by atoms with van der Waals surface area (Å²) in [6.45, 7) is 2.86. The number of aryl methyl sites for hydroxylation is 3. The highest BCUT2D eigenvalue weighted by Gasteiger charge is 2.37. The zero-order valence-corrected chi connectivity index (χ0v) is 33.5. The molecule has 2 aromatic heterocycles. The van der Waals surface area contributed by atoms with Gasteiger partial charge in [0.1, 0.15) is 28.8 Å². The third-order valence-corrected chi connectivity index (χ3v) is 11.5. The number of hydrazone groups is 1. The molecular formula is C47H42N8O6. The van der Waals surface area contributed by atoms with Crippen LogP contribution in [0.4, 0.5) is 5.69 Å². The molecule has 0 fully saturated rings. The SMILES string of the molecule is CCOC(=O)C1=NNC(C(=O)N(CCCCCCn2nnc3c2-c2ccccc2CCc2ccccc2-3)c2cccc(C(=O)c3[nH]nc4c3C(=O)c3ccccc3C4=O)c2)C1. The van der Waals surface area contributed by atoms with Crippen LogP contribution < -0.4 is 10.3 Å².